The van der Waals surface area contributed by atoms with Gasteiger partial charge in [-0.1, -0.05) is 12.1 Å². The molecule has 0 spiro atoms. The number of methoxy groups -OCH3 is 1. The topological polar surface area (TPSA) is 67.3 Å². The molecule has 1 fully saturated rings. The van der Waals surface area contributed by atoms with Crippen molar-refractivity contribution >= 4 is 10.8 Å². The van der Waals surface area contributed by atoms with E-state index in [0.717, 1.165) is 67.2 Å². The Hall–Kier alpha value is -2.87. The van der Waals surface area contributed by atoms with Crippen molar-refractivity contribution in [1.29, 1.82) is 0 Å². The van der Waals surface area contributed by atoms with Gasteiger partial charge in [0.05, 0.1) is 12.8 Å². The van der Waals surface area contributed by atoms with E-state index in [4.69, 9.17) is 14.2 Å². The molecule has 2 aliphatic heterocycles. The van der Waals surface area contributed by atoms with E-state index >= 15 is 0 Å². The van der Waals surface area contributed by atoms with Crippen molar-refractivity contribution in [2.24, 2.45) is 0 Å². The SMILES string of the molecule is COc1ccc2ccnc(C(O)CN3CCN(CCc4ccc5c(c4)OCCO5)CC3)c2c1. The number of hydrogen-bond acceptors (Lipinski definition) is 7. The number of piperazine rings is 1. The predicted molar refractivity (Wildman–Crippen MR) is 127 cm³/mol. The summed E-state index contributed by atoms with van der Waals surface area (Å²) in [6, 6.07) is 14.1. The Labute approximate surface area is 194 Å². The summed E-state index contributed by atoms with van der Waals surface area (Å²) in [7, 11) is 1.65. The van der Waals surface area contributed by atoms with E-state index in [-0.39, 0.29) is 0 Å². The summed E-state index contributed by atoms with van der Waals surface area (Å²) in [5.41, 5.74) is 1.99. The van der Waals surface area contributed by atoms with Crippen LogP contribution >= 0.6 is 0 Å². The zero-order chi connectivity index (χ0) is 22.6. The quantitative estimate of drug-likeness (QED) is 0.595. The summed E-state index contributed by atoms with van der Waals surface area (Å²) >= 11 is 0. The molecule has 1 atom stereocenters. The standard InChI is InChI=1S/C26H31N3O4/c1-31-21-4-3-20-6-8-27-26(22(20)17-21)23(30)18-29-12-10-28(11-13-29)9-7-19-2-5-24-25(16-19)33-15-14-32-24/h2-6,8,16-17,23,30H,7,9-15,18H2,1H3. The molecule has 0 aliphatic carbocycles. The highest BCUT2D eigenvalue weighted by molar-refractivity contribution is 5.86. The highest BCUT2D eigenvalue weighted by atomic mass is 16.6. The van der Waals surface area contributed by atoms with Crippen molar-refractivity contribution in [2.75, 3.05) is 59.6 Å². The number of aliphatic hydroxyl groups is 1. The molecule has 0 radical (unpaired) electrons. The van der Waals surface area contributed by atoms with Crippen molar-refractivity contribution in [3.63, 3.8) is 0 Å². The first-order valence-corrected chi connectivity index (χ1v) is 11.6. The fourth-order valence-corrected chi connectivity index (χ4v) is 4.62. The lowest BCUT2D eigenvalue weighted by Crippen LogP contribution is -2.48. The van der Waals surface area contributed by atoms with E-state index in [1.165, 1.54) is 5.56 Å². The largest absolute Gasteiger partial charge is 0.497 e. The van der Waals surface area contributed by atoms with E-state index < -0.39 is 6.10 Å². The van der Waals surface area contributed by atoms with Gasteiger partial charge in [0.1, 0.15) is 25.1 Å². The molecule has 7 nitrogen and oxygen atoms in total. The third kappa shape index (κ3) is 5.05. The minimum absolute atomic E-state index is 0.583. The number of β-amino-alcohol motifs (C(OH)–C–C–N with tert-alkyl or cyclic N) is 1. The lowest BCUT2D eigenvalue weighted by atomic mass is 10.1. The number of aliphatic hydroxyl groups excluding tert-OH is 1. The summed E-state index contributed by atoms with van der Waals surface area (Å²) < 4.78 is 16.7. The van der Waals surface area contributed by atoms with Crippen LogP contribution in [0.4, 0.5) is 0 Å². The molecule has 3 heterocycles. The van der Waals surface area contributed by atoms with Gasteiger partial charge in [0.25, 0.3) is 0 Å². The normalized spacial score (nSPS) is 17.8. The summed E-state index contributed by atoms with van der Waals surface area (Å²) in [6.45, 7) is 6.70. The zero-order valence-corrected chi connectivity index (χ0v) is 19.1. The van der Waals surface area contributed by atoms with Crippen LogP contribution in [0.5, 0.6) is 17.2 Å². The van der Waals surface area contributed by atoms with Crippen LogP contribution in [-0.2, 0) is 6.42 Å². The van der Waals surface area contributed by atoms with Crippen molar-refractivity contribution in [1.82, 2.24) is 14.8 Å². The highest BCUT2D eigenvalue weighted by Crippen LogP contribution is 2.31. The Morgan fingerprint density at radius 2 is 1.76 bits per heavy atom. The number of aromatic nitrogens is 1. The lowest BCUT2D eigenvalue weighted by Gasteiger charge is -2.35. The van der Waals surface area contributed by atoms with Crippen LogP contribution in [-0.4, -0.2) is 79.5 Å². The molecule has 3 aromatic rings. The fraction of sp³-hybridized carbons (Fsp3) is 0.423. The van der Waals surface area contributed by atoms with Crippen molar-refractivity contribution in [2.45, 2.75) is 12.5 Å². The number of nitrogens with zero attached hydrogens (tertiary/aromatic N) is 3. The molecule has 0 bridgehead atoms. The second kappa shape index (κ2) is 9.95. The fourth-order valence-electron chi connectivity index (χ4n) is 4.62. The van der Waals surface area contributed by atoms with Gasteiger partial charge >= 0.3 is 0 Å². The molecule has 0 saturated carbocycles. The third-order valence-electron chi connectivity index (χ3n) is 6.54. The molecule has 2 aliphatic rings. The van der Waals surface area contributed by atoms with Crippen LogP contribution in [0.3, 0.4) is 0 Å². The molecule has 1 aromatic heterocycles. The molecule has 174 valence electrons. The molecule has 1 unspecified atom stereocenters. The Balaban J connectivity index is 1.14. The van der Waals surface area contributed by atoms with E-state index in [9.17, 15) is 5.11 Å². The van der Waals surface area contributed by atoms with Gasteiger partial charge in [0.2, 0.25) is 0 Å². The van der Waals surface area contributed by atoms with Crippen molar-refractivity contribution < 1.29 is 19.3 Å². The van der Waals surface area contributed by atoms with E-state index in [1.807, 2.05) is 30.3 Å². The lowest BCUT2D eigenvalue weighted by molar-refractivity contribution is 0.0717. The number of rotatable bonds is 7. The molecule has 33 heavy (non-hydrogen) atoms. The average Bonchev–Trinajstić information content (AvgIpc) is 2.87. The molecule has 5 rings (SSSR count). The van der Waals surface area contributed by atoms with Crippen LogP contribution in [0, 0.1) is 0 Å². The average molecular weight is 450 g/mol. The van der Waals surface area contributed by atoms with Gasteiger partial charge < -0.3 is 24.2 Å². The van der Waals surface area contributed by atoms with Crippen molar-refractivity contribution in [3.8, 4) is 17.2 Å². The number of benzene rings is 2. The maximum absolute atomic E-state index is 11.0. The molecule has 1 N–H and O–H groups in total. The van der Waals surface area contributed by atoms with Crippen molar-refractivity contribution in [3.05, 3.63) is 59.9 Å². The van der Waals surface area contributed by atoms with Crippen LogP contribution < -0.4 is 14.2 Å². The van der Waals surface area contributed by atoms with Gasteiger partial charge in [-0.25, -0.2) is 0 Å². The van der Waals surface area contributed by atoms with Crippen LogP contribution in [0.25, 0.3) is 10.8 Å². The Bertz CT molecular complexity index is 1100. The van der Waals surface area contributed by atoms with Gasteiger partial charge in [0, 0.05) is 50.9 Å². The molecular weight excluding hydrogens is 418 g/mol. The highest BCUT2D eigenvalue weighted by Gasteiger charge is 2.22. The van der Waals surface area contributed by atoms with Crippen LogP contribution in [0.2, 0.25) is 0 Å². The smallest absolute Gasteiger partial charge is 0.161 e. The summed E-state index contributed by atoms with van der Waals surface area (Å²) in [6.07, 6.45) is 2.12. The zero-order valence-electron chi connectivity index (χ0n) is 19.1. The summed E-state index contributed by atoms with van der Waals surface area (Å²) in [5, 5.41) is 13.0. The Morgan fingerprint density at radius 3 is 2.58 bits per heavy atom. The number of hydrogen-bond donors (Lipinski definition) is 1. The first kappa shape index (κ1) is 21.9. The number of fused-ring (bicyclic) bond motifs is 2. The maximum Gasteiger partial charge on any atom is 0.161 e. The van der Waals surface area contributed by atoms with Gasteiger partial charge in [-0.15, -0.1) is 0 Å². The predicted octanol–water partition coefficient (Wildman–Crippen LogP) is 2.91. The summed E-state index contributed by atoms with van der Waals surface area (Å²) in [5.74, 6) is 2.48. The van der Waals surface area contributed by atoms with Gasteiger partial charge in [-0.05, 0) is 47.7 Å². The first-order chi connectivity index (χ1) is 16.2. The van der Waals surface area contributed by atoms with Crippen LogP contribution in [0.1, 0.15) is 17.4 Å². The minimum atomic E-state index is -0.634. The summed E-state index contributed by atoms with van der Waals surface area (Å²) in [4.78, 5) is 9.31. The number of pyridine rings is 1. The van der Waals surface area contributed by atoms with Gasteiger partial charge in [0.15, 0.2) is 11.5 Å². The minimum Gasteiger partial charge on any atom is -0.497 e. The van der Waals surface area contributed by atoms with Crippen LogP contribution in [0.15, 0.2) is 48.7 Å². The molecule has 0 amide bonds. The van der Waals surface area contributed by atoms with E-state index in [1.54, 1.807) is 13.3 Å². The Kier molecular flexibility index (Phi) is 6.62. The second-order valence-corrected chi connectivity index (χ2v) is 8.67. The molecule has 1 saturated heterocycles. The molecule has 2 aromatic carbocycles. The molecule has 7 heteroatoms. The Morgan fingerprint density at radius 1 is 0.970 bits per heavy atom. The first-order valence-electron chi connectivity index (χ1n) is 11.6. The number of ether oxygens (including phenoxy) is 3. The second-order valence-electron chi connectivity index (χ2n) is 8.67. The third-order valence-corrected chi connectivity index (χ3v) is 6.54. The monoisotopic (exact) mass is 449 g/mol. The molecular formula is C26H31N3O4. The van der Waals surface area contributed by atoms with E-state index in [2.05, 4.69) is 26.9 Å². The van der Waals surface area contributed by atoms with Gasteiger partial charge in [-0.2, -0.15) is 0 Å². The maximum atomic E-state index is 11.0. The van der Waals surface area contributed by atoms with Gasteiger partial charge in [-0.3, -0.25) is 9.88 Å². The van der Waals surface area contributed by atoms with E-state index in [0.29, 0.717) is 25.5 Å².